The SMILES string of the molecule is CNCc1cccc2ccc(C/C=C/C#CC(C)(C)C)cc12.Cl. The van der Waals surface area contributed by atoms with Gasteiger partial charge in [0, 0.05) is 12.0 Å². The second kappa shape index (κ2) is 8.77. The van der Waals surface area contributed by atoms with Gasteiger partial charge >= 0.3 is 0 Å². The molecular formula is C21H26ClN. The molecule has 0 aliphatic carbocycles. The summed E-state index contributed by atoms with van der Waals surface area (Å²) in [6, 6.07) is 13.2. The Balaban J connectivity index is 0.00000264. The lowest BCUT2D eigenvalue weighted by atomic mass is 9.98. The second-order valence-electron chi connectivity index (χ2n) is 6.63. The van der Waals surface area contributed by atoms with Gasteiger partial charge in [0.2, 0.25) is 0 Å². The fourth-order valence-electron chi connectivity index (χ4n) is 2.37. The number of hydrogen-bond donors (Lipinski definition) is 1. The Morgan fingerprint density at radius 2 is 1.91 bits per heavy atom. The van der Waals surface area contributed by atoms with E-state index >= 15 is 0 Å². The third-order valence-electron chi connectivity index (χ3n) is 3.41. The molecule has 0 saturated carbocycles. The third-order valence-corrected chi connectivity index (χ3v) is 3.41. The van der Waals surface area contributed by atoms with Crippen LogP contribution in [0.4, 0.5) is 0 Å². The van der Waals surface area contributed by atoms with E-state index < -0.39 is 0 Å². The first-order valence-electron chi connectivity index (χ1n) is 7.82. The van der Waals surface area contributed by atoms with Crippen molar-refractivity contribution in [2.45, 2.75) is 33.7 Å². The van der Waals surface area contributed by atoms with Crippen LogP contribution in [0, 0.1) is 17.3 Å². The largest absolute Gasteiger partial charge is 0.316 e. The molecule has 2 heteroatoms. The lowest BCUT2D eigenvalue weighted by molar-refractivity contribution is 0.571. The highest BCUT2D eigenvalue weighted by Gasteiger charge is 2.02. The van der Waals surface area contributed by atoms with Gasteiger partial charge in [-0.25, -0.2) is 0 Å². The Labute approximate surface area is 146 Å². The van der Waals surface area contributed by atoms with Crippen LogP contribution >= 0.6 is 12.4 Å². The number of benzene rings is 2. The number of rotatable bonds is 4. The summed E-state index contributed by atoms with van der Waals surface area (Å²) in [5.41, 5.74) is 2.73. The second-order valence-corrected chi connectivity index (χ2v) is 6.63. The Kier molecular flexibility index (Phi) is 7.36. The maximum Gasteiger partial charge on any atom is 0.0233 e. The van der Waals surface area contributed by atoms with Gasteiger partial charge < -0.3 is 5.32 Å². The van der Waals surface area contributed by atoms with E-state index in [1.165, 1.54) is 21.9 Å². The lowest BCUT2D eigenvalue weighted by Crippen LogP contribution is -2.05. The first kappa shape index (κ1) is 19.3. The molecule has 0 aromatic heterocycles. The van der Waals surface area contributed by atoms with Crippen LogP contribution in [0.2, 0.25) is 0 Å². The summed E-state index contributed by atoms with van der Waals surface area (Å²) in [6.07, 6.45) is 5.03. The van der Waals surface area contributed by atoms with E-state index in [0.29, 0.717) is 0 Å². The minimum atomic E-state index is 0. The van der Waals surface area contributed by atoms with E-state index in [-0.39, 0.29) is 17.8 Å². The Bertz CT molecular complexity index is 727. The molecule has 0 fully saturated rings. The van der Waals surface area contributed by atoms with Crippen molar-refractivity contribution in [3.8, 4) is 11.8 Å². The lowest BCUT2D eigenvalue weighted by Gasteiger charge is -2.07. The van der Waals surface area contributed by atoms with E-state index in [4.69, 9.17) is 0 Å². The Morgan fingerprint density at radius 1 is 1.13 bits per heavy atom. The van der Waals surface area contributed by atoms with Crippen LogP contribution in [0.15, 0.2) is 48.6 Å². The van der Waals surface area contributed by atoms with Crippen LogP contribution in [0.25, 0.3) is 10.8 Å². The molecule has 23 heavy (non-hydrogen) atoms. The minimum Gasteiger partial charge on any atom is -0.316 e. The minimum absolute atomic E-state index is 0. The molecule has 0 aliphatic heterocycles. The molecular weight excluding hydrogens is 302 g/mol. The number of halogens is 1. The maximum absolute atomic E-state index is 3.24. The van der Waals surface area contributed by atoms with E-state index in [2.05, 4.69) is 80.4 Å². The molecule has 2 aromatic carbocycles. The standard InChI is InChI=1S/C21H25N.ClH/c1-21(2,3)14-7-5-6-9-17-12-13-18-10-8-11-19(16-22-4)20(18)15-17;/h5-6,8,10-13,15,22H,9,16H2,1-4H3;1H/b6-5+;. The first-order chi connectivity index (χ1) is 10.5. The van der Waals surface area contributed by atoms with E-state index in [9.17, 15) is 0 Å². The molecule has 0 unspecified atom stereocenters. The van der Waals surface area contributed by atoms with E-state index in [1.54, 1.807) is 0 Å². The molecule has 0 saturated heterocycles. The van der Waals surface area contributed by atoms with E-state index in [0.717, 1.165) is 13.0 Å². The predicted molar refractivity (Wildman–Crippen MR) is 104 cm³/mol. The summed E-state index contributed by atoms with van der Waals surface area (Å²) < 4.78 is 0. The number of fused-ring (bicyclic) bond motifs is 1. The Hall–Kier alpha value is -1.75. The molecule has 0 bridgehead atoms. The highest BCUT2D eigenvalue weighted by Crippen LogP contribution is 2.21. The molecule has 2 rings (SSSR count). The van der Waals surface area contributed by atoms with Gasteiger partial charge in [0.05, 0.1) is 0 Å². The van der Waals surface area contributed by atoms with Crippen molar-refractivity contribution < 1.29 is 0 Å². The monoisotopic (exact) mass is 327 g/mol. The van der Waals surface area contributed by atoms with Crippen LogP contribution in [-0.2, 0) is 13.0 Å². The van der Waals surface area contributed by atoms with Crippen molar-refractivity contribution in [2.75, 3.05) is 7.05 Å². The van der Waals surface area contributed by atoms with Crippen LogP contribution in [0.1, 0.15) is 31.9 Å². The zero-order valence-electron chi connectivity index (χ0n) is 14.4. The van der Waals surface area contributed by atoms with Crippen molar-refractivity contribution in [3.05, 3.63) is 59.7 Å². The normalized spacial score (nSPS) is 11.1. The number of nitrogens with one attached hydrogen (secondary N) is 1. The van der Waals surface area contributed by atoms with Crippen molar-refractivity contribution >= 4 is 23.2 Å². The molecule has 0 amide bonds. The summed E-state index contributed by atoms with van der Waals surface area (Å²) in [7, 11) is 1.99. The van der Waals surface area contributed by atoms with Crippen molar-refractivity contribution in [1.29, 1.82) is 0 Å². The maximum atomic E-state index is 3.24. The van der Waals surface area contributed by atoms with Gasteiger partial charge in [0.1, 0.15) is 0 Å². The van der Waals surface area contributed by atoms with Crippen LogP contribution in [-0.4, -0.2) is 7.05 Å². The van der Waals surface area contributed by atoms with Gasteiger partial charge in [-0.1, -0.05) is 54.3 Å². The van der Waals surface area contributed by atoms with Gasteiger partial charge in [0.25, 0.3) is 0 Å². The number of allylic oxidation sites excluding steroid dienone is 2. The van der Waals surface area contributed by atoms with E-state index in [1.807, 2.05) is 13.1 Å². The van der Waals surface area contributed by atoms with Crippen molar-refractivity contribution in [1.82, 2.24) is 5.32 Å². The first-order valence-corrected chi connectivity index (χ1v) is 7.82. The summed E-state index contributed by atoms with van der Waals surface area (Å²) in [4.78, 5) is 0. The Morgan fingerprint density at radius 3 is 2.61 bits per heavy atom. The summed E-state index contributed by atoms with van der Waals surface area (Å²) in [5, 5.41) is 5.87. The molecule has 0 radical (unpaired) electrons. The van der Waals surface area contributed by atoms with Gasteiger partial charge in [0.15, 0.2) is 0 Å². The average molecular weight is 328 g/mol. The smallest absolute Gasteiger partial charge is 0.0233 e. The average Bonchev–Trinajstić information content (AvgIpc) is 2.46. The van der Waals surface area contributed by atoms with Gasteiger partial charge in [-0.3, -0.25) is 0 Å². The molecule has 122 valence electrons. The summed E-state index contributed by atoms with van der Waals surface area (Å²) >= 11 is 0. The zero-order valence-corrected chi connectivity index (χ0v) is 15.3. The van der Waals surface area contributed by atoms with Crippen molar-refractivity contribution in [3.63, 3.8) is 0 Å². The van der Waals surface area contributed by atoms with Crippen LogP contribution in [0.3, 0.4) is 0 Å². The fraction of sp³-hybridized carbons (Fsp3) is 0.333. The molecule has 1 nitrogen and oxygen atoms in total. The highest BCUT2D eigenvalue weighted by atomic mass is 35.5. The molecule has 0 spiro atoms. The van der Waals surface area contributed by atoms with Gasteiger partial charge in [-0.15, -0.1) is 12.4 Å². The summed E-state index contributed by atoms with van der Waals surface area (Å²) in [5.74, 6) is 6.34. The molecule has 0 atom stereocenters. The van der Waals surface area contributed by atoms with Gasteiger partial charge in [-0.2, -0.15) is 0 Å². The van der Waals surface area contributed by atoms with Gasteiger partial charge in [-0.05, 0) is 62.2 Å². The molecule has 0 aliphatic rings. The van der Waals surface area contributed by atoms with Crippen molar-refractivity contribution in [2.24, 2.45) is 5.41 Å². The van der Waals surface area contributed by atoms with Crippen LogP contribution in [0.5, 0.6) is 0 Å². The number of hydrogen-bond acceptors (Lipinski definition) is 1. The molecule has 1 N–H and O–H groups in total. The highest BCUT2D eigenvalue weighted by molar-refractivity contribution is 5.86. The predicted octanol–water partition coefficient (Wildman–Crippen LogP) is 5.13. The summed E-state index contributed by atoms with van der Waals surface area (Å²) in [6.45, 7) is 7.27. The molecule has 0 heterocycles. The fourth-order valence-corrected chi connectivity index (χ4v) is 2.37. The third kappa shape index (κ3) is 6.10. The van der Waals surface area contributed by atoms with Crippen LogP contribution < -0.4 is 5.32 Å². The zero-order chi connectivity index (χ0) is 16.0. The molecule has 2 aromatic rings. The quantitative estimate of drug-likeness (QED) is 0.768. The topological polar surface area (TPSA) is 12.0 Å².